The maximum Gasteiger partial charge on any atom is 0.0431 e. The van der Waals surface area contributed by atoms with Gasteiger partial charge in [-0.2, -0.15) is 0 Å². The Morgan fingerprint density at radius 1 is 1.56 bits per heavy atom. The van der Waals surface area contributed by atoms with Gasteiger partial charge in [0.2, 0.25) is 0 Å². The fourth-order valence-electron chi connectivity index (χ4n) is 3.03. The van der Waals surface area contributed by atoms with Crippen LogP contribution in [-0.2, 0) is 0 Å². The Bertz CT molecular complexity index is 198. The van der Waals surface area contributed by atoms with E-state index < -0.39 is 0 Å². The van der Waals surface area contributed by atoms with E-state index in [-0.39, 0.29) is 12.1 Å². The lowest BCUT2D eigenvalue weighted by Crippen LogP contribution is -2.56. The average molecular weight is 228 g/mol. The third kappa shape index (κ3) is 4.04. The summed E-state index contributed by atoms with van der Waals surface area (Å²) in [4.78, 5) is 0. The molecule has 0 aromatic heterocycles. The zero-order valence-corrected chi connectivity index (χ0v) is 10.8. The molecule has 0 aromatic rings. The number of hydrogen-bond donors (Lipinski definition) is 3. The molecule has 0 radical (unpaired) electrons. The van der Waals surface area contributed by atoms with Crippen molar-refractivity contribution in [3.63, 3.8) is 0 Å². The van der Waals surface area contributed by atoms with Gasteiger partial charge in [-0.25, -0.2) is 0 Å². The van der Waals surface area contributed by atoms with Crippen LogP contribution in [0, 0.1) is 5.92 Å². The predicted octanol–water partition coefficient (Wildman–Crippen LogP) is 1.64. The SMILES string of the molecule is CC1CCCC(CN)(NC(C)CCCO)C1. The van der Waals surface area contributed by atoms with Gasteiger partial charge < -0.3 is 16.2 Å². The quantitative estimate of drug-likeness (QED) is 0.648. The van der Waals surface area contributed by atoms with Crippen molar-refractivity contribution in [3.05, 3.63) is 0 Å². The maximum atomic E-state index is 8.83. The highest BCUT2D eigenvalue weighted by Crippen LogP contribution is 2.32. The second-order valence-corrected chi connectivity index (χ2v) is 5.60. The molecule has 0 aromatic carbocycles. The molecule has 96 valence electrons. The highest BCUT2D eigenvalue weighted by molar-refractivity contribution is 4.95. The van der Waals surface area contributed by atoms with Crippen molar-refractivity contribution in [2.75, 3.05) is 13.2 Å². The number of nitrogens with two attached hydrogens (primary N) is 1. The normalized spacial score (nSPS) is 32.6. The molecular weight excluding hydrogens is 200 g/mol. The number of aliphatic hydroxyl groups excluding tert-OH is 1. The van der Waals surface area contributed by atoms with E-state index >= 15 is 0 Å². The van der Waals surface area contributed by atoms with E-state index in [1.54, 1.807) is 0 Å². The van der Waals surface area contributed by atoms with E-state index in [1.165, 1.54) is 25.7 Å². The van der Waals surface area contributed by atoms with Crippen molar-refractivity contribution in [1.82, 2.24) is 5.32 Å². The highest BCUT2D eigenvalue weighted by Gasteiger charge is 2.34. The van der Waals surface area contributed by atoms with Crippen molar-refractivity contribution in [1.29, 1.82) is 0 Å². The maximum absolute atomic E-state index is 8.83. The van der Waals surface area contributed by atoms with Crippen molar-refractivity contribution >= 4 is 0 Å². The van der Waals surface area contributed by atoms with Gasteiger partial charge in [0, 0.05) is 24.7 Å². The molecule has 1 aliphatic rings. The predicted molar refractivity (Wildman–Crippen MR) is 68.3 cm³/mol. The van der Waals surface area contributed by atoms with Gasteiger partial charge in [-0.05, 0) is 38.5 Å². The van der Waals surface area contributed by atoms with E-state index in [9.17, 15) is 0 Å². The minimum absolute atomic E-state index is 0.159. The molecule has 3 nitrogen and oxygen atoms in total. The van der Waals surface area contributed by atoms with E-state index in [0.717, 1.165) is 25.3 Å². The van der Waals surface area contributed by atoms with Gasteiger partial charge in [0.15, 0.2) is 0 Å². The van der Waals surface area contributed by atoms with Gasteiger partial charge in [-0.15, -0.1) is 0 Å². The first-order chi connectivity index (χ1) is 7.62. The Labute approximate surface area is 99.8 Å². The van der Waals surface area contributed by atoms with Crippen molar-refractivity contribution in [2.45, 2.75) is 64.0 Å². The lowest BCUT2D eigenvalue weighted by molar-refractivity contribution is 0.171. The second kappa shape index (κ2) is 6.58. The minimum atomic E-state index is 0.159. The van der Waals surface area contributed by atoms with Crippen LogP contribution in [0.25, 0.3) is 0 Å². The molecule has 1 aliphatic carbocycles. The van der Waals surface area contributed by atoms with Gasteiger partial charge in [-0.1, -0.05) is 19.8 Å². The highest BCUT2D eigenvalue weighted by atomic mass is 16.2. The van der Waals surface area contributed by atoms with Crippen LogP contribution < -0.4 is 11.1 Å². The molecule has 0 bridgehead atoms. The first kappa shape index (κ1) is 13.9. The number of nitrogens with one attached hydrogen (secondary N) is 1. The first-order valence-corrected chi connectivity index (χ1v) is 6.70. The summed E-state index contributed by atoms with van der Waals surface area (Å²) in [5.74, 6) is 0.787. The summed E-state index contributed by atoms with van der Waals surface area (Å²) >= 11 is 0. The van der Waals surface area contributed by atoms with Crippen LogP contribution in [-0.4, -0.2) is 29.8 Å². The zero-order chi connectivity index (χ0) is 12.0. The van der Waals surface area contributed by atoms with E-state index in [2.05, 4.69) is 19.2 Å². The van der Waals surface area contributed by atoms with Crippen LogP contribution >= 0.6 is 0 Å². The van der Waals surface area contributed by atoms with Gasteiger partial charge >= 0.3 is 0 Å². The summed E-state index contributed by atoms with van der Waals surface area (Å²) in [5, 5.41) is 12.5. The molecule has 3 heteroatoms. The van der Waals surface area contributed by atoms with E-state index in [4.69, 9.17) is 10.8 Å². The molecule has 0 heterocycles. The van der Waals surface area contributed by atoms with Crippen LogP contribution in [0.1, 0.15) is 52.4 Å². The van der Waals surface area contributed by atoms with Crippen LogP contribution in [0.2, 0.25) is 0 Å². The molecule has 0 saturated heterocycles. The lowest BCUT2D eigenvalue weighted by Gasteiger charge is -2.42. The van der Waals surface area contributed by atoms with Gasteiger partial charge in [0.25, 0.3) is 0 Å². The van der Waals surface area contributed by atoms with Crippen LogP contribution in [0.5, 0.6) is 0 Å². The summed E-state index contributed by atoms with van der Waals surface area (Å²) in [5.41, 5.74) is 6.12. The zero-order valence-electron chi connectivity index (χ0n) is 10.8. The molecule has 1 saturated carbocycles. The number of hydrogen-bond acceptors (Lipinski definition) is 3. The fourth-order valence-corrected chi connectivity index (χ4v) is 3.03. The molecule has 16 heavy (non-hydrogen) atoms. The monoisotopic (exact) mass is 228 g/mol. The molecule has 3 unspecified atom stereocenters. The van der Waals surface area contributed by atoms with Gasteiger partial charge in [0.05, 0.1) is 0 Å². The summed E-state index contributed by atoms with van der Waals surface area (Å²) in [6.07, 6.45) is 6.95. The first-order valence-electron chi connectivity index (χ1n) is 6.70. The van der Waals surface area contributed by atoms with Gasteiger partial charge in [0.1, 0.15) is 0 Å². The van der Waals surface area contributed by atoms with Crippen molar-refractivity contribution < 1.29 is 5.11 Å². The summed E-state index contributed by atoms with van der Waals surface area (Å²) in [6, 6.07) is 0.459. The fraction of sp³-hybridized carbons (Fsp3) is 1.00. The van der Waals surface area contributed by atoms with Crippen LogP contribution in [0.3, 0.4) is 0 Å². The Kier molecular flexibility index (Phi) is 5.73. The summed E-state index contributed by atoms with van der Waals surface area (Å²) in [7, 11) is 0. The van der Waals surface area contributed by atoms with E-state index in [0.29, 0.717) is 6.04 Å². The molecular formula is C13H28N2O. The lowest BCUT2D eigenvalue weighted by atomic mass is 9.76. The average Bonchev–Trinajstić information content (AvgIpc) is 2.26. The van der Waals surface area contributed by atoms with Gasteiger partial charge in [-0.3, -0.25) is 0 Å². The summed E-state index contributed by atoms with van der Waals surface area (Å²) < 4.78 is 0. The third-order valence-corrected chi connectivity index (χ3v) is 3.83. The molecule has 0 amide bonds. The Hall–Kier alpha value is -0.120. The minimum Gasteiger partial charge on any atom is -0.396 e. The topological polar surface area (TPSA) is 58.3 Å². The molecule has 0 aliphatic heterocycles. The van der Waals surface area contributed by atoms with Crippen LogP contribution in [0.4, 0.5) is 0 Å². The van der Waals surface area contributed by atoms with Crippen LogP contribution in [0.15, 0.2) is 0 Å². The molecule has 3 atom stereocenters. The Morgan fingerprint density at radius 3 is 2.88 bits per heavy atom. The van der Waals surface area contributed by atoms with E-state index in [1.807, 2.05) is 0 Å². The number of aliphatic hydroxyl groups is 1. The Morgan fingerprint density at radius 2 is 2.31 bits per heavy atom. The van der Waals surface area contributed by atoms with Crippen molar-refractivity contribution in [2.24, 2.45) is 11.7 Å². The smallest absolute Gasteiger partial charge is 0.0431 e. The second-order valence-electron chi connectivity index (χ2n) is 5.60. The standard InChI is InChI=1S/C13H28N2O/c1-11-5-3-7-13(9-11,10-14)15-12(2)6-4-8-16/h11-12,15-16H,3-10,14H2,1-2H3. The molecule has 0 spiro atoms. The number of rotatable bonds is 6. The molecule has 1 rings (SSSR count). The van der Waals surface area contributed by atoms with Crippen molar-refractivity contribution in [3.8, 4) is 0 Å². The largest absolute Gasteiger partial charge is 0.396 e. The molecule has 4 N–H and O–H groups in total. The summed E-state index contributed by atoms with van der Waals surface area (Å²) in [6.45, 7) is 5.55. The Balaban J connectivity index is 2.45. The third-order valence-electron chi connectivity index (χ3n) is 3.83. The molecule has 1 fully saturated rings.